The highest BCUT2D eigenvalue weighted by Crippen LogP contribution is 2.06. The van der Waals surface area contributed by atoms with Crippen molar-refractivity contribution in [3.63, 3.8) is 0 Å². The van der Waals surface area contributed by atoms with Crippen molar-refractivity contribution >= 4 is 24.0 Å². The molecule has 1 nitrogen and oxygen atoms in total. The van der Waals surface area contributed by atoms with Gasteiger partial charge in [0.05, 0.1) is 0 Å². The minimum absolute atomic E-state index is 0. The Morgan fingerprint density at radius 2 is 1.67 bits per heavy atom. The van der Waals surface area contributed by atoms with Crippen LogP contribution in [0.5, 0.6) is 0 Å². The number of hydrogen-bond donors (Lipinski definition) is 0. The second kappa shape index (κ2) is 5.47. The largest absolute Gasteiger partial charge is 0.304 e. The summed E-state index contributed by atoms with van der Waals surface area (Å²) in [6, 6.07) is 0. The molecule has 0 saturated carbocycles. The molecule has 0 amide bonds. The maximum Gasteiger partial charge on any atom is -0.00188 e. The lowest BCUT2D eigenvalue weighted by Crippen LogP contribution is -2.29. The monoisotopic (exact) mass is 241 g/mol. The number of piperidine rings is 1. The fourth-order valence-electron chi connectivity index (χ4n) is 1.28. The van der Waals surface area contributed by atoms with Crippen LogP contribution < -0.4 is 0 Å². The molecule has 1 fully saturated rings. The van der Waals surface area contributed by atoms with Crippen molar-refractivity contribution in [3.8, 4) is 0 Å². The van der Waals surface area contributed by atoms with Crippen LogP contribution >= 0.6 is 24.0 Å². The first-order valence-electron chi connectivity index (χ1n) is 3.66. The number of likely N-dealkylation sites (tertiary alicyclic amines) is 1. The highest BCUT2D eigenvalue weighted by atomic mass is 127. The minimum atomic E-state index is 0. The van der Waals surface area contributed by atoms with E-state index >= 15 is 0 Å². The maximum atomic E-state index is 2.52. The first kappa shape index (κ1) is 9.69. The fourth-order valence-corrected chi connectivity index (χ4v) is 1.28. The minimum Gasteiger partial charge on any atom is -0.304 e. The van der Waals surface area contributed by atoms with Crippen LogP contribution in [0.4, 0.5) is 0 Å². The molecule has 1 saturated heterocycles. The van der Waals surface area contributed by atoms with Gasteiger partial charge in [-0.2, -0.15) is 0 Å². The molecule has 0 aromatic rings. The summed E-state index contributed by atoms with van der Waals surface area (Å²) in [7, 11) is 0. The molecule has 0 spiro atoms. The van der Waals surface area contributed by atoms with Gasteiger partial charge in [-0.3, -0.25) is 0 Å². The van der Waals surface area contributed by atoms with Crippen LogP contribution in [0.15, 0.2) is 0 Å². The summed E-state index contributed by atoms with van der Waals surface area (Å²) in [5.41, 5.74) is 0. The van der Waals surface area contributed by atoms with E-state index in [0.29, 0.717) is 0 Å². The Labute approximate surface area is 74.8 Å². The third kappa shape index (κ3) is 3.40. The molecule has 0 atom stereocenters. The molecule has 0 aromatic carbocycles. The summed E-state index contributed by atoms with van der Waals surface area (Å²) in [6.07, 6.45) is 4.30. The molecule has 1 rings (SSSR count). The molecular formula is C7H16IN. The zero-order valence-electron chi connectivity index (χ0n) is 6.10. The Morgan fingerprint density at radius 3 is 2.00 bits per heavy atom. The lowest BCUT2D eigenvalue weighted by atomic mass is 10.1. The number of halogens is 1. The van der Waals surface area contributed by atoms with Crippen LogP contribution in [0.1, 0.15) is 26.2 Å². The van der Waals surface area contributed by atoms with Crippen LogP contribution in [0.25, 0.3) is 0 Å². The van der Waals surface area contributed by atoms with E-state index in [2.05, 4.69) is 11.8 Å². The molecule has 1 aliphatic rings. The highest BCUT2D eigenvalue weighted by molar-refractivity contribution is 14.0. The van der Waals surface area contributed by atoms with Crippen molar-refractivity contribution in [2.45, 2.75) is 26.2 Å². The molecule has 0 unspecified atom stereocenters. The summed E-state index contributed by atoms with van der Waals surface area (Å²) in [5.74, 6) is 0. The molecule has 0 bridgehead atoms. The van der Waals surface area contributed by atoms with E-state index in [9.17, 15) is 0 Å². The quantitative estimate of drug-likeness (QED) is 0.635. The Kier molecular flexibility index (Phi) is 5.89. The fraction of sp³-hybridized carbons (Fsp3) is 1.00. The molecule has 1 heterocycles. The summed E-state index contributed by atoms with van der Waals surface area (Å²) in [4.78, 5) is 2.52. The Hall–Kier alpha value is 0.690. The van der Waals surface area contributed by atoms with Gasteiger partial charge in [0.15, 0.2) is 0 Å². The van der Waals surface area contributed by atoms with Gasteiger partial charge in [0.25, 0.3) is 0 Å². The van der Waals surface area contributed by atoms with Gasteiger partial charge in [-0.25, -0.2) is 0 Å². The summed E-state index contributed by atoms with van der Waals surface area (Å²) in [5, 5.41) is 0. The van der Waals surface area contributed by atoms with Crippen LogP contribution in [-0.4, -0.2) is 24.5 Å². The normalized spacial score (nSPS) is 21.0. The summed E-state index contributed by atoms with van der Waals surface area (Å²) < 4.78 is 0. The van der Waals surface area contributed by atoms with Crippen LogP contribution in [0.3, 0.4) is 0 Å². The summed E-state index contributed by atoms with van der Waals surface area (Å²) in [6.45, 7) is 6.18. The SMILES string of the molecule is CCN1CCCCC1.I. The van der Waals surface area contributed by atoms with Crippen molar-refractivity contribution in [3.05, 3.63) is 0 Å². The highest BCUT2D eigenvalue weighted by Gasteiger charge is 2.05. The van der Waals surface area contributed by atoms with Crippen LogP contribution in [0.2, 0.25) is 0 Å². The maximum absolute atomic E-state index is 2.52. The average molecular weight is 241 g/mol. The number of hydrogen-bond acceptors (Lipinski definition) is 1. The molecule has 0 aromatic heterocycles. The van der Waals surface area contributed by atoms with E-state index in [1.807, 2.05) is 0 Å². The molecule has 1 aliphatic heterocycles. The molecule has 9 heavy (non-hydrogen) atoms. The zero-order chi connectivity index (χ0) is 5.82. The van der Waals surface area contributed by atoms with E-state index in [1.165, 1.54) is 38.9 Å². The zero-order valence-corrected chi connectivity index (χ0v) is 8.43. The van der Waals surface area contributed by atoms with E-state index in [-0.39, 0.29) is 24.0 Å². The van der Waals surface area contributed by atoms with E-state index in [4.69, 9.17) is 0 Å². The Balaban J connectivity index is 0.000000640. The lowest BCUT2D eigenvalue weighted by Gasteiger charge is -2.24. The van der Waals surface area contributed by atoms with Gasteiger partial charge in [-0.05, 0) is 32.5 Å². The van der Waals surface area contributed by atoms with Crippen LogP contribution in [0, 0.1) is 0 Å². The van der Waals surface area contributed by atoms with Gasteiger partial charge in [0.1, 0.15) is 0 Å². The van der Waals surface area contributed by atoms with Gasteiger partial charge in [0.2, 0.25) is 0 Å². The Morgan fingerprint density at radius 1 is 1.11 bits per heavy atom. The first-order chi connectivity index (χ1) is 3.93. The predicted molar refractivity (Wildman–Crippen MR) is 51.4 cm³/mol. The molecule has 56 valence electrons. The lowest BCUT2D eigenvalue weighted by molar-refractivity contribution is 0.240. The molecule has 0 aliphatic carbocycles. The first-order valence-corrected chi connectivity index (χ1v) is 3.66. The van der Waals surface area contributed by atoms with Gasteiger partial charge in [-0.1, -0.05) is 13.3 Å². The average Bonchev–Trinajstić information content (AvgIpc) is 1.90. The predicted octanol–water partition coefficient (Wildman–Crippen LogP) is 2.11. The van der Waals surface area contributed by atoms with Crippen molar-refractivity contribution in [2.75, 3.05) is 19.6 Å². The second-order valence-corrected chi connectivity index (χ2v) is 2.49. The number of nitrogens with zero attached hydrogens (tertiary/aromatic N) is 1. The van der Waals surface area contributed by atoms with Gasteiger partial charge in [-0.15, -0.1) is 24.0 Å². The third-order valence-corrected chi connectivity index (χ3v) is 1.90. The van der Waals surface area contributed by atoms with E-state index < -0.39 is 0 Å². The number of rotatable bonds is 1. The van der Waals surface area contributed by atoms with Gasteiger partial charge < -0.3 is 4.90 Å². The van der Waals surface area contributed by atoms with Crippen LogP contribution in [-0.2, 0) is 0 Å². The van der Waals surface area contributed by atoms with E-state index in [1.54, 1.807) is 0 Å². The topological polar surface area (TPSA) is 3.24 Å². The molecule has 0 N–H and O–H groups in total. The standard InChI is InChI=1S/C7H15N.HI/c1-2-8-6-4-3-5-7-8;/h2-7H2,1H3;1H. The smallest absolute Gasteiger partial charge is 0.00188 e. The Bertz CT molecular complexity index is 59.9. The molecule has 2 heteroatoms. The molecule has 0 radical (unpaired) electrons. The van der Waals surface area contributed by atoms with Gasteiger partial charge >= 0.3 is 0 Å². The van der Waals surface area contributed by atoms with Crippen molar-refractivity contribution < 1.29 is 0 Å². The second-order valence-electron chi connectivity index (χ2n) is 2.49. The van der Waals surface area contributed by atoms with Crippen molar-refractivity contribution in [2.24, 2.45) is 0 Å². The summed E-state index contributed by atoms with van der Waals surface area (Å²) >= 11 is 0. The van der Waals surface area contributed by atoms with Gasteiger partial charge in [0, 0.05) is 0 Å². The third-order valence-electron chi connectivity index (χ3n) is 1.90. The van der Waals surface area contributed by atoms with Crippen molar-refractivity contribution in [1.29, 1.82) is 0 Å². The van der Waals surface area contributed by atoms with Crippen molar-refractivity contribution in [1.82, 2.24) is 4.90 Å². The molecular weight excluding hydrogens is 225 g/mol. The van der Waals surface area contributed by atoms with E-state index in [0.717, 1.165) is 0 Å².